The molecule has 0 saturated heterocycles. The van der Waals surface area contributed by atoms with E-state index in [1.807, 2.05) is 18.3 Å². The molecule has 2 aromatic rings. The van der Waals surface area contributed by atoms with E-state index in [4.69, 9.17) is 21.1 Å². The number of rotatable bonds is 6. The highest BCUT2D eigenvalue weighted by Gasteiger charge is 2.04. The van der Waals surface area contributed by atoms with E-state index in [2.05, 4.69) is 16.7 Å². The van der Waals surface area contributed by atoms with Gasteiger partial charge >= 0.3 is 0 Å². The number of benzene rings is 1. The molecule has 3 nitrogen and oxygen atoms in total. The van der Waals surface area contributed by atoms with Gasteiger partial charge in [-0.2, -0.15) is 0 Å². The molecular formula is C13H16ClNO2. The van der Waals surface area contributed by atoms with Crippen molar-refractivity contribution in [2.45, 2.75) is 6.54 Å². The third-order valence-corrected chi connectivity index (χ3v) is 2.95. The minimum Gasteiger partial charge on any atom is -0.382 e. The third kappa shape index (κ3) is 3.00. The van der Waals surface area contributed by atoms with Gasteiger partial charge in [-0.25, -0.2) is 0 Å². The normalized spacial score (nSPS) is 11.2. The van der Waals surface area contributed by atoms with E-state index in [9.17, 15) is 0 Å². The summed E-state index contributed by atoms with van der Waals surface area (Å²) >= 11 is 6.18. The Morgan fingerprint density at radius 2 is 2.06 bits per heavy atom. The van der Waals surface area contributed by atoms with Gasteiger partial charge in [-0.1, -0.05) is 23.7 Å². The molecule has 0 aliphatic carbocycles. The van der Waals surface area contributed by atoms with Crippen molar-refractivity contribution in [2.75, 3.05) is 26.9 Å². The van der Waals surface area contributed by atoms with Gasteiger partial charge < -0.3 is 14.0 Å². The molecule has 0 N–H and O–H groups in total. The number of nitrogens with zero attached hydrogens (tertiary/aromatic N) is 1. The SMILES string of the molecule is COCCOCCn1ccc2cccc(Cl)c21. The lowest BCUT2D eigenvalue weighted by atomic mass is 10.2. The first-order valence-corrected chi connectivity index (χ1v) is 6.01. The first kappa shape index (κ1) is 12.4. The molecule has 0 radical (unpaired) electrons. The molecule has 4 heteroatoms. The van der Waals surface area contributed by atoms with Crippen molar-refractivity contribution in [3.05, 3.63) is 35.5 Å². The minimum atomic E-state index is 0.628. The number of ether oxygens (including phenoxy) is 2. The summed E-state index contributed by atoms with van der Waals surface area (Å²) in [5.74, 6) is 0. The molecule has 0 unspecified atom stereocenters. The third-order valence-electron chi connectivity index (χ3n) is 2.65. The molecule has 0 atom stereocenters. The van der Waals surface area contributed by atoms with Gasteiger partial charge in [0, 0.05) is 25.2 Å². The molecule has 0 bridgehead atoms. The Kier molecular flexibility index (Phi) is 4.42. The van der Waals surface area contributed by atoms with Crippen molar-refractivity contribution in [3.8, 4) is 0 Å². The van der Waals surface area contributed by atoms with Crippen LogP contribution < -0.4 is 0 Å². The molecule has 2 rings (SSSR count). The molecule has 1 heterocycles. The van der Waals surface area contributed by atoms with E-state index >= 15 is 0 Å². The topological polar surface area (TPSA) is 23.4 Å². The minimum absolute atomic E-state index is 0.628. The van der Waals surface area contributed by atoms with Gasteiger partial charge in [0.1, 0.15) is 0 Å². The van der Waals surface area contributed by atoms with Crippen molar-refractivity contribution in [1.82, 2.24) is 4.57 Å². The average molecular weight is 254 g/mol. The fraction of sp³-hybridized carbons (Fsp3) is 0.385. The van der Waals surface area contributed by atoms with Crippen LogP contribution in [0.4, 0.5) is 0 Å². The van der Waals surface area contributed by atoms with Crippen LogP contribution in [0.25, 0.3) is 10.9 Å². The zero-order chi connectivity index (χ0) is 12.1. The Morgan fingerprint density at radius 1 is 1.18 bits per heavy atom. The quantitative estimate of drug-likeness (QED) is 0.739. The second kappa shape index (κ2) is 6.05. The lowest BCUT2D eigenvalue weighted by Gasteiger charge is -2.07. The summed E-state index contributed by atoms with van der Waals surface area (Å²) in [5, 5.41) is 1.94. The number of fused-ring (bicyclic) bond motifs is 1. The van der Waals surface area contributed by atoms with E-state index in [0.717, 1.165) is 22.5 Å². The van der Waals surface area contributed by atoms with Crippen LogP contribution in [0.2, 0.25) is 5.02 Å². The lowest BCUT2D eigenvalue weighted by molar-refractivity contribution is 0.0670. The molecular weight excluding hydrogens is 238 g/mol. The van der Waals surface area contributed by atoms with E-state index in [1.165, 1.54) is 0 Å². The summed E-state index contributed by atoms with van der Waals surface area (Å²) in [4.78, 5) is 0. The highest BCUT2D eigenvalue weighted by atomic mass is 35.5. The van der Waals surface area contributed by atoms with Crippen LogP contribution in [-0.4, -0.2) is 31.5 Å². The number of para-hydroxylation sites is 1. The maximum absolute atomic E-state index is 6.18. The first-order chi connectivity index (χ1) is 8.33. The van der Waals surface area contributed by atoms with Gasteiger partial charge in [0.25, 0.3) is 0 Å². The van der Waals surface area contributed by atoms with Gasteiger partial charge in [-0.15, -0.1) is 0 Å². The first-order valence-electron chi connectivity index (χ1n) is 5.63. The molecule has 1 aromatic carbocycles. The summed E-state index contributed by atoms with van der Waals surface area (Å²) < 4.78 is 12.5. The van der Waals surface area contributed by atoms with Crippen molar-refractivity contribution < 1.29 is 9.47 Å². The molecule has 1 aromatic heterocycles. The molecule has 0 aliphatic heterocycles. The monoisotopic (exact) mass is 253 g/mol. The smallest absolute Gasteiger partial charge is 0.0701 e. The van der Waals surface area contributed by atoms with E-state index in [1.54, 1.807) is 7.11 Å². The molecule has 0 amide bonds. The van der Waals surface area contributed by atoms with E-state index < -0.39 is 0 Å². The fourth-order valence-electron chi connectivity index (χ4n) is 1.81. The molecule has 0 fully saturated rings. The van der Waals surface area contributed by atoms with Crippen LogP contribution in [0.3, 0.4) is 0 Å². The van der Waals surface area contributed by atoms with Crippen LogP contribution in [0.5, 0.6) is 0 Å². The predicted octanol–water partition coefficient (Wildman–Crippen LogP) is 2.96. The fourth-order valence-corrected chi connectivity index (χ4v) is 2.10. The van der Waals surface area contributed by atoms with E-state index in [0.29, 0.717) is 19.8 Å². The maximum Gasteiger partial charge on any atom is 0.0701 e. The highest BCUT2D eigenvalue weighted by molar-refractivity contribution is 6.35. The zero-order valence-electron chi connectivity index (χ0n) is 9.86. The van der Waals surface area contributed by atoms with Gasteiger partial charge in [0.05, 0.1) is 30.4 Å². The second-order valence-electron chi connectivity index (χ2n) is 3.79. The Balaban J connectivity index is 1.99. The number of hydrogen-bond donors (Lipinski definition) is 0. The maximum atomic E-state index is 6.18. The van der Waals surface area contributed by atoms with Crippen molar-refractivity contribution in [2.24, 2.45) is 0 Å². The Hall–Kier alpha value is -1.03. The highest BCUT2D eigenvalue weighted by Crippen LogP contribution is 2.24. The molecule has 0 saturated carbocycles. The summed E-state index contributed by atoms with van der Waals surface area (Å²) in [7, 11) is 1.67. The van der Waals surface area contributed by atoms with Crippen LogP contribution in [0.15, 0.2) is 30.5 Å². The summed E-state index contributed by atoms with van der Waals surface area (Å²) in [6, 6.07) is 8.00. The number of hydrogen-bond acceptors (Lipinski definition) is 2. The summed E-state index contributed by atoms with van der Waals surface area (Å²) in [6.07, 6.45) is 2.04. The molecule has 92 valence electrons. The largest absolute Gasteiger partial charge is 0.382 e. The number of aromatic nitrogens is 1. The Morgan fingerprint density at radius 3 is 2.88 bits per heavy atom. The lowest BCUT2D eigenvalue weighted by Crippen LogP contribution is -2.08. The molecule has 0 aliphatic rings. The summed E-state index contributed by atoms with van der Waals surface area (Å²) in [6.45, 7) is 2.73. The van der Waals surface area contributed by atoms with Crippen molar-refractivity contribution >= 4 is 22.5 Å². The summed E-state index contributed by atoms with van der Waals surface area (Å²) in [5.41, 5.74) is 1.07. The van der Waals surface area contributed by atoms with Gasteiger partial charge in [-0.05, 0) is 12.1 Å². The van der Waals surface area contributed by atoms with Gasteiger partial charge in [-0.3, -0.25) is 0 Å². The second-order valence-corrected chi connectivity index (χ2v) is 4.20. The van der Waals surface area contributed by atoms with Crippen LogP contribution in [0.1, 0.15) is 0 Å². The van der Waals surface area contributed by atoms with Gasteiger partial charge in [0.15, 0.2) is 0 Å². The van der Waals surface area contributed by atoms with Crippen LogP contribution >= 0.6 is 11.6 Å². The van der Waals surface area contributed by atoms with Crippen LogP contribution in [0, 0.1) is 0 Å². The molecule has 0 spiro atoms. The van der Waals surface area contributed by atoms with Crippen molar-refractivity contribution in [1.29, 1.82) is 0 Å². The average Bonchev–Trinajstić information content (AvgIpc) is 2.74. The number of methoxy groups -OCH3 is 1. The standard InChI is InChI=1S/C13H16ClNO2/c1-16-9-10-17-8-7-15-6-5-11-3-2-4-12(14)13(11)15/h2-6H,7-10H2,1H3. The van der Waals surface area contributed by atoms with Crippen molar-refractivity contribution in [3.63, 3.8) is 0 Å². The molecule has 17 heavy (non-hydrogen) atoms. The Labute approximate surface area is 106 Å². The van der Waals surface area contributed by atoms with Crippen LogP contribution in [-0.2, 0) is 16.0 Å². The van der Waals surface area contributed by atoms with E-state index in [-0.39, 0.29) is 0 Å². The Bertz CT molecular complexity index is 481. The predicted molar refractivity (Wildman–Crippen MR) is 69.6 cm³/mol. The van der Waals surface area contributed by atoms with Gasteiger partial charge in [0.2, 0.25) is 0 Å². The number of halogens is 1. The zero-order valence-corrected chi connectivity index (χ0v) is 10.6.